The van der Waals surface area contributed by atoms with Crippen molar-refractivity contribution in [3.05, 3.63) is 88.2 Å². The molecule has 4 rings (SSSR count). The second-order valence-corrected chi connectivity index (χ2v) is 9.92. The van der Waals surface area contributed by atoms with Crippen LogP contribution >= 0.6 is 0 Å². The third-order valence-electron chi connectivity index (χ3n) is 6.28. The molecule has 0 spiro atoms. The molecule has 1 aromatic heterocycles. The van der Waals surface area contributed by atoms with Crippen LogP contribution in [0.15, 0.2) is 71.5 Å². The molecule has 0 N–H and O–H groups in total. The third-order valence-corrected chi connectivity index (χ3v) is 6.28. The first-order chi connectivity index (χ1) is 16.8. The number of hydrogen-bond donors (Lipinski definition) is 0. The zero-order valence-electron chi connectivity index (χ0n) is 21.3. The number of unbranched alkanes of at least 4 members (excludes halogenated alkanes) is 1. The van der Waals surface area contributed by atoms with Crippen LogP contribution in [-0.2, 0) is 12.0 Å². The molecule has 0 aliphatic carbocycles. The zero-order valence-corrected chi connectivity index (χ0v) is 21.3. The van der Waals surface area contributed by atoms with Gasteiger partial charge in [0.2, 0.25) is 0 Å². The van der Waals surface area contributed by atoms with Crippen LogP contribution in [0.5, 0.6) is 11.5 Å². The number of nitrogens with zero attached hydrogens (tertiary/aromatic N) is 2. The normalized spacial score (nSPS) is 11.6. The molecule has 0 bridgehead atoms. The minimum atomic E-state index is -0.0176. The zero-order chi connectivity index (χ0) is 25.0. The quantitative estimate of drug-likeness (QED) is 0.275. The summed E-state index contributed by atoms with van der Waals surface area (Å²) in [7, 11) is 1.64. The van der Waals surface area contributed by atoms with E-state index in [-0.39, 0.29) is 11.0 Å². The summed E-state index contributed by atoms with van der Waals surface area (Å²) in [6.07, 6.45) is 1.64. The second-order valence-electron chi connectivity index (χ2n) is 9.92. The van der Waals surface area contributed by atoms with Crippen LogP contribution in [0.25, 0.3) is 22.3 Å². The van der Waals surface area contributed by atoms with Gasteiger partial charge in [-0.2, -0.15) is 0 Å². The predicted molar refractivity (Wildman–Crippen MR) is 143 cm³/mol. The first-order valence-corrected chi connectivity index (χ1v) is 12.2. The molecular weight excluding hydrogens is 436 g/mol. The highest BCUT2D eigenvalue weighted by atomic mass is 16.5. The van der Waals surface area contributed by atoms with E-state index in [0.717, 1.165) is 35.5 Å². The molecule has 0 saturated carbocycles. The van der Waals surface area contributed by atoms with Crippen molar-refractivity contribution < 1.29 is 9.47 Å². The van der Waals surface area contributed by atoms with Gasteiger partial charge in [0.15, 0.2) is 0 Å². The molecule has 0 aliphatic rings. The first kappa shape index (κ1) is 24.5. The molecular formula is C30H34N2O3. The lowest BCUT2D eigenvalue weighted by Gasteiger charge is -2.20. The van der Waals surface area contributed by atoms with Gasteiger partial charge in [-0.3, -0.25) is 9.36 Å². The molecule has 1 heterocycles. The smallest absolute Gasteiger partial charge is 0.261 e. The van der Waals surface area contributed by atoms with Crippen LogP contribution < -0.4 is 15.0 Å². The number of methoxy groups -OCH3 is 1. The largest absolute Gasteiger partial charge is 0.497 e. The van der Waals surface area contributed by atoms with Gasteiger partial charge in [0, 0.05) is 12.1 Å². The van der Waals surface area contributed by atoms with Gasteiger partial charge in [0.05, 0.1) is 24.6 Å². The van der Waals surface area contributed by atoms with Crippen LogP contribution in [-0.4, -0.2) is 23.3 Å². The monoisotopic (exact) mass is 470 g/mol. The molecule has 5 heteroatoms. The molecule has 0 unspecified atom stereocenters. The van der Waals surface area contributed by atoms with Gasteiger partial charge in [0.1, 0.15) is 17.3 Å². The Bertz CT molecular complexity index is 1370. The Balaban J connectivity index is 1.49. The lowest BCUT2D eigenvalue weighted by molar-refractivity contribution is 0.301. The lowest BCUT2D eigenvalue weighted by Crippen LogP contribution is -2.24. The van der Waals surface area contributed by atoms with E-state index in [1.165, 1.54) is 5.56 Å². The van der Waals surface area contributed by atoms with Crippen LogP contribution in [0.4, 0.5) is 0 Å². The summed E-state index contributed by atoms with van der Waals surface area (Å²) in [5.74, 6) is 2.36. The summed E-state index contributed by atoms with van der Waals surface area (Å²) in [6.45, 7) is 9.91. The number of fused-ring (bicyclic) bond motifs is 1. The minimum Gasteiger partial charge on any atom is -0.497 e. The Kier molecular flexibility index (Phi) is 7.25. The summed E-state index contributed by atoms with van der Waals surface area (Å²) in [5.41, 5.74) is 4.14. The Morgan fingerprint density at radius 1 is 0.943 bits per heavy atom. The van der Waals surface area contributed by atoms with E-state index < -0.39 is 0 Å². The molecule has 0 aliphatic heterocycles. The number of aromatic nitrogens is 2. The van der Waals surface area contributed by atoms with Crippen molar-refractivity contribution in [1.82, 2.24) is 9.55 Å². The Morgan fingerprint density at radius 2 is 1.69 bits per heavy atom. The van der Waals surface area contributed by atoms with E-state index in [9.17, 15) is 4.79 Å². The third kappa shape index (κ3) is 5.56. The number of ether oxygens (including phenoxy) is 2. The summed E-state index contributed by atoms with van der Waals surface area (Å²) in [4.78, 5) is 18.2. The maximum atomic E-state index is 13.4. The molecule has 35 heavy (non-hydrogen) atoms. The number of aryl methyl sites for hydroxylation is 1. The number of hydrogen-bond acceptors (Lipinski definition) is 4. The van der Waals surface area contributed by atoms with Crippen LogP contribution in [0, 0.1) is 6.92 Å². The molecule has 0 amide bonds. The number of para-hydroxylation sites is 1. The Labute approximate surface area is 207 Å². The van der Waals surface area contributed by atoms with Crippen molar-refractivity contribution in [3.8, 4) is 22.9 Å². The van der Waals surface area contributed by atoms with Gasteiger partial charge in [-0.05, 0) is 78.8 Å². The van der Waals surface area contributed by atoms with E-state index >= 15 is 0 Å². The number of benzene rings is 3. The summed E-state index contributed by atoms with van der Waals surface area (Å²) in [5, 5.41) is 0.635. The first-order valence-electron chi connectivity index (χ1n) is 12.2. The van der Waals surface area contributed by atoms with Crippen molar-refractivity contribution in [2.45, 2.75) is 52.5 Å². The molecule has 0 fully saturated rings. The predicted octanol–water partition coefficient (Wildman–Crippen LogP) is 6.54. The van der Waals surface area contributed by atoms with E-state index in [1.807, 2.05) is 48.5 Å². The average molecular weight is 471 g/mol. The van der Waals surface area contributed by atoms with Crippen molar-refractivity contribution in [2.75, 3.05) is 13.7 Å². The molecule has 182 valence electrons. The molecule has 0 radical (unpaired) electrons. The van der Waals surface area contributed by atoms with Gasteiger partial charge in [-0.1, -0.05) is 45.0 Å². The van der Waals surface area contributed by atoms with Gasteiger partial charge >= 0.3 is 0 Å². The molecule has 0 atom stereocenters. The highest BCUT2D eigenvalue weighted by molar-refractivity contribution is 5.79. The van der Waals surface area contributed by atoms with Gasteiger partial charge in [-0.15, -0.1) is 0 Å². The number of rotatable bonds is 8. The van der Waals surface area contributed by atoms with E-state index in [4.69, 9.17) is 14.5 Å². The summed E-state index contributed by atoms with van der Waals surface area (Å²) in [6, 6.07) is 21.6. The van der Waals surface area contributed by atoms with Crippen LogP contribution in [0.2, 0.25) is 0 Å². The maximum absolute atomic E-state index is 13.4. The van der Waals surface area contributed by atoms with Gasteiger partial charge < -0.3 is 9.47 Å². The van der Waals surface area contributed by atoms with Crippen LogP contribution in [0.1, 0.15) is 44.7 Å². The van der Waals surface area contributed by atoms with Gasteiger partial charge in [-0.25, -0.2) is 4.98 Å². The SMILES string of the molecule is COc1ccc(-c2nc3ccccc3c(=O)n2CCCCOc2ccc(C(C)(C)C)cc2C)cc1. The Hall–Kier alpha value is -3.60. The standard InChI is InChI=1S/C30H34N2O3/c1-21-20-23(30(2,3)4)14-17-27(21)35-19-9-8-18-32-28(22-12-15-24(34-5)16-13-22)31-26-11-7-6-10-25(26)29(32)33/h6-7,10-17,20H,8-9,18-19H2,1-5H3. The highest BCUT2D eigenvalue weighted by Gasteiger charge is 2.15. The molecule has 3 aromatic carbocycles. The Morgan fingerprint density at radius 3 is 2.37 bits per heavy atom. The van der Waals surface area contributed by atoms with E-state index in [0.29, 0.717) is 29.9 Å². The molecule has 4 aromatic rings. The average Bonchev–Trinajstić information content (AvgIpc) is 2.85. The fourth-order valence-electron chi connectivity index (χ4n) is 4.17. The topological polar surface area (TPSA) is 53.3 Å². The second kappa shape index (κ2) is 10.3. The molecule has 0 saturated heterocycles. The minimum absolute atomic E-state index is 0.0176. The fraction of sp³-hybridized carbons (Fsp3) is 0.333. The summed E-state index contributed by atoms with van der Waals surface area (Å²) < 4.78 is 13.1. The fourth-order valence-corrected chi connectivity index (χ4v) is 4.17. The van der Waals surface area contributed by atoms with Gasteiger partial charge in [0.25, 0.3) is 5.56 Å². The lowest BCUT2D eigenvalue weighted by atomic mass is 9.86. The molecule has 5 nitrogen and oxygen atoms in total. The van der Waals surface area contributed by atoms with Crippen LogP contribution in [0.3, 0.4) is 0 Å². The van der Waals surface area contributed by atoms with Crippen molar-refractivity contribution in [2.24, 2.45) is 0 Å². The maximum Gasteiger partial charge on any atom is 0.261 e. The van der Waals surface area contributed by atoms with E-state index in [1.54, 1.807) is 11.7 Å². The van der Waals surface area contributed by atoms with E-state index in [2.05, 4.69) is 45.9 Å². The van der Waals surface area contributed by atoms with Crippen molar-refractivity contribution in [1.29, 1.82) is 0 Å². The van der Waals surface area contributed by atoms with Crippen molar-refractivity contribution >= 4 is 10.9 Å². The highest BCUT2D eigenvalue weighted by Crippen LogP contribution is 2.28. The summed E-state index contributed by atoms with van der Waals surface area (Å²) >= 11 is 0. The van der Waals surface area contributed by atoms with Crippen molar-refractivity contribution in [3.63, 3.8) is 0 Å².